The molecule has 2 rings (SSSR count). The van der Waals surface area contributed by atoms with Gasteiger partial charge in [0.2, 0.25) is 10.0 Å². The van der Waals surface area contributed by atoms with E-state index in [-0.39, 0.29) is 22.6 Å². The Balaban J connectivity index is 2.13. The highest BCUT2D eigenvalue weighted by Crippen LogP contribution is 2.19. The molecule has 1 heterocycles. The number of sulfonamides is 1. The summed E-state index contributed by atoms with van der Waals surface area (Å²) in [5.74, 6) is -0.0741. The maximum absolute atomic E-state index is 12.5. The first-order valence-corrected chi connectivity index (χ1v) is 9.28. The van der Waals surface area contributed by atoms with Gasteiger partial charge in [0.15, 0.2) is 5.76 Å². The molecule has 130 valence electrons. The minimum Gasteiger partial charge on any atom is -0.459 e. The molecule has 0 fully saturated rings. The van der Waals surface area contributed by atoms with Gasteiger partial charge in [-0.25, -0.2) is 8.42 Å². The Bertz CT molecular complexity index is 763. The molecule has 1 atom stereocenters. The zero-order valence-corrected chi connectivity index (χ0v) is 14.8. The summed E-state index contributed by atoms with van der Waals surface area (Å²) in [6.07, 6.45) is 1.44. The molecule has 0 aliphatic heterocycles. The number of carbonyl (C=O) groups is 1. The van der Waals surface area contributed by atoms with Crippen LogP contribution in [0.5, 0.6) is 0 Å². The minimum atomic E-state index is -3.47. The van der Waals surface area contributed by atoms with Crippen molar-refractivity contribution in [3.63, 3.8) is 0 Å². The van der Waals surface area contributed by atoms with Gasteiger partial charge >= 0.3 is 0 Å². The standard InChI is InChI=1S/C17H22N2O4S/c1-4-19(5-2)24(21,22)15-10-8-14(9-11-15)13(3)18-17(20)16-7-6-12-23-16/h6-13H,4-5H2,1-3H3,(H,18,20)/t13-/m0/s1. The van der Waals surface area contributed by atoms with Gasteiger partial charge in [-0.05, 0) is 36.8 Å². The lowest BCUT2D eigenvalue weighted by Crippen LogP contribution is -2.30. The van der Waals surface area contributed by atoms with Crippen molar-refractivity contribution in [2.24, 2.45) is 0 Å². The average Bonchev–Trinajstić information content (AvgIpc) is 3.10. The summed E-state index contributed by atoms with van der Waals surface area (Å²) < 4.78 is 31.4. The number of hydrogen-bond acceptors (Lipinski definition) is 4. The monoisotopic (exact) mass is 350 g/mol. The van der Waals surface area contributed by atoms with Crippen molar-refractivity contribution in [1.29, 1.82) is 0 Å². The normalized spacial score (nSPS) is 13.0. The molecule has 0 bridgehead atoms. The average molecular weight is 350 g/mol. The molecule has 0 saturated carbocycles. The van der Waals surface area contributed by atoms with E-state index >= 15 is 0 Å². The van der Waals surface area contributed by atoms with Crippen molar-refractivity contribution in [2.75, 3.05) is 13.1 Å². The van der Waals surface area contributed by atoms with Crippen LogP contribution >= 0.6 is 0 Å². The molecule has 1 aromatic heterocycles. The number of benzene rings is 1. The molecule has 0 spiro atoms. The number of nitrogens with one attached hydrogen (secondary N) is 1. The van der Waals surface area contributed by atoms with Gasteiger partial charge in [0.1, 0.15) is 0 Å². The lowest BCUT2D eigenvalue weighted by atomic mass is 10.1. The number of rotatable bonds is 7. The van der Waals surface area contributed by atoms with E-state index in [1.807, 2.05) is 20.8 Å². The van der Waals surface area contributed by atoms with Crippen LogP contribution in [-0.2, 0) is 10.0 Å². The molecule has 0 aliphatic rings. The first-order valence-electron chi connectivity index (χ1n) is 7.84. The van der Waals surface area contributed by atoms with Gasteiger partial charge < -0.3 is 9.73 Å². The topological polar surface area (TPSA) is 79.6 Å². The third-order valence-electron chi connectivity index (χ3n) is 3.82. The van der Waals surface area contributed by atoms with Crippen molar-refractivity contribution < 1.29 is 17.6 Å². The molecule has 0 radical (unpaired) electrons. The van der Waals surface area contributed by atoms with Crippen molar-refractivity contribution in [1.82, 2.24) is 9.62 Å². The largest absolute Gasteiger partial charge is 0.459 e. The van der Waals surface area contributed by atoms with Gasteiger partial charge in [-0.2, -0.15) is 4.31 Å². The quantitative estimate of drug-likeness (QED) is 0.833. The maximum atomic E-state index is 12.5. The van der Waals surface area contributed by atoms with Crippen LogP contribution in [0.2, 0.25) is 0 Å². The highest BCUT2D eigenvalue weighted by Gasteiger charge is 2.22. The van der Waals surface area contributed by atoms with Crippen LogP contribution in [0.4, 0.5) is 0 Å². The Kier molecular flexibility index (Phi) is 5.80. The Morgan fingerprint density at radius 1 is 1.17 bits per heavy atom. The molecule has 1 amide bonds. The van der Waals surface area contributed by atoms with Crippen LogP contribution in [0.1, 0.15) is 42.9 Å². The molecule has 24 heavy (non-hydrogen) atoms. The predicted molar refractivity (Wildman–Crippen MR) is 91.1 cm³/mol. The molecule has 0 unspecified atom stereocenters. The molecule has 1 N–H and O–H groups in total. The molecular formula is C17H22N2O4S. The highest BCUT2D eigenvalue weighted by molar-refractivity contribution is 7.89. The Hall–Kier alpha value is -2.12. The number of hydrogen-bond donors (Lipinski definition) is 1. The first-order chi connectivity index (χ1) is 11.4. The summed E-state index contributed by atoms with van der Waals surface area (Å²) in [6.45, 7) is 6.30. The summed E-state index contributed by atoms with van der Waals surface area (Å²) in [5, 5.41) is 2.81. The number of amides is 1. The zero-order chi connectivity index (χ0) is 17.7. The van der Waals surface area contributed by atoms with Gasteiger partial charge in [-0.15, -0.1) is 0 Å². The molecule has 2 aromatic rings. The minimum absolute atomic E-state index is 0.239. The molecule has 1 aromatic carbocycles. The molecule has 7 heteroatoms. The van der Waals surface area contributed by atoms with Crippen molar-refractivity contribution >= 4 is 15.9 Å². The van der Waals surface area contributed by atoms with Crippen LogP contribution < -0.4 is 5.32 Å². The second kappa shape index (κ2) is 7.63. The Morgan fingerprint density at radius 2 is 1.79 bits per heavy atom. The third kappa shape index (κ3) is 3.85. The van der Waals surface area contributed by atoms with Crippen LogP contribution in [0.25, 0.3) is 0 Å². The third-order valence-corrected chi connectivity index (χ3v) is 5.88. The van der Waals surface area contributed by atoms with E-state index in [2.05, 4.69) is 5.32 Å². The highest BCUT2D eigenvalue weighted by atomic mass is 32.2. The Morgan fingerprint density at radius 3 is 2.29 bits per heavy atom. The lowest BCUT2D eigenvalue weighted by molar-refractivity contribution is 0.0912. The molecular weight excluding hydrogens is 328 g/mol. The van der Waals surface area contributed by atoms with E-state index < -0.39 is 10.0 Å². The SMILES string of the molecule is CCN(CC)S(=O)(=O)c1ccc([C@H](C)NC(=O)c2ccco2)cc1. The van der Waals surface area contributed by atoms with Crippen LogP contribution in [0, 0.1) is 0 Å². The number of furan rings is 1. The van der Waals surface area contributed by atoms with E-state index in [0.717, 1.165) is 5.56 Å². The second-order valence-electron chi connectivity index (χ2n) is 5.33. The van der Waals surface area contributed by atoms with Crippen LogP contribution in [0.3, 0.4) is 0 Å². The molecule has 0 saturated heterocycles. The first kappa shape index (κ1) is 18.2. The maximum Gasteiger partial charge on any atom is 0.287 e. The van der Waals surface area contributed by atoms with Gasteiger partial charge in [0.25, 0.3) is 5.91 Å². The zero-order valence-electron chi connectivity index (χ0n) is 14.0. The smallest absolute Gasteiger partial charge is 0.287 e. The number of carbonyl (C=O) groups excluding carboxylic acids is 1. The summed E-state index contributed by atoms with van der Waals surface area (Å²) in [7, 11) is -3.47. The van der Waals surface area contributed by atoms with Crippen molar-refractivity contribution in [2.45, 2.75) is 31.7 Å². The van der Waals surface area contributed by atoms with Crippen LogP contribution in [0.15, 0.2) is 52.0 Å². The summed E-state index contributed by atoms with van der Waals surface area (Å²) >= 11 is 0. The van der Waals surface area contributed by atoms with Crippen molar-refractivity contribution in [3.05, 3.63) is 54.0 Å². The van der Waals surface area contributed by atoms with Gasteiger partial charge in [0, 0.05) is 13.1 Å². The van der Waals surface area contributed by atoms with Crippen LogP contribution in [-0.4, -0.2) is 31.7 Å². The van der Waals surface area contributed by atoms with E-state index in [9.17, 15) is 13.2 Å². The fourth-order valence-electron chi connectivity index (χ4n) is 2.40. The summed E-state index contributed by atoms with van der Waals surface area (Å²) in [6, 6.07) is 9.52. The predicted octanol–water partition coefficient (Wildman–Crippen LogP) is 2.80. The molecule has 6 nitrogen and oxygen atoms in total. The van der Waals surface area contributed by atoms with E-state index in [1.165, 1.54) is 10.6 Å². The van der Waals surface area contributed by atoms with E-state index in [0.29, 0.717) is 13.1 Å². The lowest BCUT2D eigenvalue weighted by Gasteiger charge is -2.19. The van der Waals surface area contributed by atoms with E-state index in [1.54, 1.807) is 36.4 Å². The van der Waals surface area contributed by atoms with E-state index in [4.69, 9.17) is 4.42 Å². The van der Waals surface area contributed by atoms with Crippen molar-refractivity contribution in [3.8, 4) is 0 Å². The van der Waals surface area contributed by atoms with Gasteiger partial charge in [-0.1, -0.05) is 26.0 Å². The Labute approximate surface area is 142 Å². The van der Waals surface area contributed by atoms with Gasteiger partial charge in [0.05, 0.1) is 17.2 Å². The van der Waals surface area contributed by atoms with Gasteiger partial charge in [-0.3, -0.25) is 4.79 Å². The second-order valence-corrected chi connectivity index (χ2v) is 7.27. The summed E-state index contributed by atoms with van der Waals surface area (Å²) in [5.41, 5.74) is 0.813. The fraction of sp³-hybridized carbons (Fsp3) is 0.353. The summed E-state index contributed by atoms with van der Waals surface area (Å²) in [4.78, 5) is 12.2. The molecule has 0 aliphatic carbocycles. The number of nitrogens with zero attached hydrogens (tertiary/aromatic N) is 1. The fourth-order valence-corrected chi connectivity index (χ4v) is 3.86.